The lowest BCUT2D eigenvalue weighted by atomic mass is 10.1. The number of carbonyl (C=O) groups excluding carboxylic acids is 1. The van der Waals surface area contributed by atoms with E-state index in [2.05, 4.69) is 15.8 Å². The van der Waals surface area contributed by atoms with Gasteiger partial charge in [0.15, 0.2) is 0 Å². The van der Waals surface area contributed by atoms with Crippen LogP contribution < -0.4 is 10.6 Å². The average Bonchev–Trinajstić information content (AvgIpc) is 3.25. The number of amides is 1. The Morgan fingerprint density at radius 1 is 1.25 bits per heavy atom. The molecule has 1 atom stereocenters. The zero-order valence-corrected chi connectivity index (χ0v) is 13.6. The van der Waals surface area contributed by atoms with E-state index in [-0.39, 0.29) is 18.5 Å². The highest BCUT2D eigenvalue weighted by Crippen LogP contribution is 2.22. The van der Waals surface area contributed by atoms with Gasteiger partial charge in [-0.25, -0.2) is 0 Å². The van der Waals surface area contributed by atoms with Crippen LogP contribution in [0.2, 0.25) is 0 Å². The first-order valence-corrected chi connectivity index (χ1v) is 7.72. The lowest BCUT2D eigenvalue weighted by Crippen LogP contribution is -2.29. The first-order chi connectivity index (χ1) is 11.6. The van der Waals surface area contributed by atoms with Crippen LogP contribution in [-0.4, -0.2) is 17.6 Å². The molecule has 0 unspecified atom stereocenters. The SMILES string of the molecule is Cc1ccc(-c2cc(NC(=O)CN[C@@H](C)c3ccco3)on2)cc1. The highest BCUT2D eigenvalue weighted by Gasteiger charge is 2.12. The van der Waals surface area contributed by atoms with Gasteiger partial charge in [0, 0.05) is 11.6 Å². The van der Waals surface area contributed by atoms with Crippen molar-refractivity contribution in [3.63, 3.8) is 0 Å². The van der Waals surface area contributed by atoms with Crippen molar-refractivity contribution in [2.75, 3.05) is 11.9 Å². The number of aromatic nitrogens is 1. The van der Waals surface area contributed by atoms with E-state index in [1.807, 2.05) is 50.2 Å². The predicted molar refractivity (Wildman–Crippen MR) is 90.4 cm³/mol. The highest BCUT2D eigenvalue weighted by atomic mass is 16.5. The van der Waals surface area contributed by atoms with Gasteiger partial charge in [0.25, 0.3) is 0 Å². The van der Waals surface area contributed by atoms with E-state index in [1.54, 1.807) is 12.3 Å². The normalized spacial score (nSPS) is 12.1. The Balaban J connectivity index is 1.54. The summed E-state index contributed by atoms with van der Waals surface area (Å²) in [6.07, 6.45) is 1.61. The summed E-state index contributed by atoms with van der Waals surface area (Å²) in [5.41, 5.74) is 2.80. The smallest absolute Gasteiger partial charge is 0.240 e. The molecule has 3 rings (SSSR count). The molecule has 0 spiro atoms. The van der Waals surface area contributed by atoms with Gasteiger partial charge in [-0.15, -0.1) is 0 Å². The van der Waals surface area contributed by atoms with E-state index in [9.17, 15) is 4.79 Å². The van der Waals surface area contributed by atoms with Crippen molar-refractivity contribution >= 4 is 11.8 Å². The van der Waals surface area contributed by atoms with Gasteiger partial charge in [0.1, 0.15) is 11.5 Å². The number of benzene rings is 1. The van der Waals surface area contributed by atoms with Crippen LogP contribution in [0.3, 0.4) is 0 Å². The number of hydrogen-bond donors (Lipinski definition) is 2. The van der Waals surface area contributed by atoms with Crippen molar-refractivity contribution in [2.24, 2.45) is 0 Å². The molecule has 0 bridgehead atoms. The molecule has 1 amide bonds. The topological polar surface area (TPSA) is 80.3 Å². The Morgan fingerprint density at radius 3 is 2.75 bits per heavy atom. The summed E-state index contributed by atoms with van der Waals surface area (Å²) in [7, 11) is 0. The van der Waals surface area contributed by atoms with E-state index in [0.717, 1.165) is 11.3 Å². The van der Waals surface area contributed by atoms with Crippen molar-refractivity contribution < 1.29 is 13.7 Å². The van der Waals surface area contributed by atoms with Crippen LogP contribution >= 0.6 is 0 Å². The molecule has 0 saturated heterocycles. The number of anilines is 1. The molecule has 6 nitrogen and oxygen atoms in total. The molecule has 3 aromatic rings. The zero-order chi connectivity index (χ0) is 16.9. The Hall–Kier alpha value is -2.86. The summed E-state index contributed by atoms with van der Waals surface area (Å²) in [6, 6.07) is 13.3. The van der Waals surface area contributed by atoms with Crippen LogP contribution in [0, 0.1) is 6.92 Å². The molecule has 0 aliphatic rings. The number of nitrogens with zero attached hydrogens (tertiary/aromatic N) is 1. The number of hydrogen-bond acceptors (Lipinski definition) is 5. The second kappa shape index (κ2) is 7.14. The summed E-state index contributed by atoms with van der Waals surface area (Å²) in [5.74, 6) is 0.896. The third-order valence-corrected chi connectivity index (χ3v) is 3.66. The largest absolute Gasteiger partial charge is 0.468 e. The molecule has 0 aliphatic carbocycles. The second-order valence-electron chi connectivity index (χ2n) is 5.61. The van der Waals surface area contributed by atoms with Crippen LogP contribution in [0.25, 0.3) is 11.3 Å². The predicted octanol–water partition coefficient (Wildman–Crippen LogP) is 3.53. The molecule has 24 heavy (non-hydrogen) atoms. The van der Waals surface area contributed by atoms with Gasteiger partial charge in [-0.05, 0) is 26.0 Å². The van der Waals surface area contributed by atoms with E-state index < -0.39 is 0 Å². The maximum atomic E-state index is 12.0. The van der Waals surface area contributed by atoms with Gasteiger partial charge >= 0.3 is 0 Å². The van der Waals surface area contributed by atoms with Crippen molar-refractivity contribution in [3.05, 3.63) is 60.1 Å². The Labute approximate surface area is 139 Å². The van der Waals surface area contributed by atoms with Crippen LogP contribution in [0.5, 0.6) is 0 Å². The molecule has 2 heterocycles. The molecule has 124 valence electrons. The molecular weight excluding hydrogens is 306 g/mol. The molecule has 1 aromatic carbocycles. The zero-order valence-electron chi connectivity index (χ0n) is 13.6. The summed E-state index contributed by atoms with van der Waals surface area (Å²) in [5, 5.41) is 9.74. The minimum Gasteiger partial charge on any atom is -0.468 e. The molecule has 2 N–H and O–H groups in total. The molecular formula is C18H19N3O3. The van der Waals surface area contributed by atoms with Gasteiger partial charge in [-0.3, -0.25) is 15.4 Å². The maximum absolute atomic E-state index is 12.0. The third-order valence-electron chi connectivity index (χ3n) is 3.66. The lowest BCUT2D eigenvalue weighted by Gasteiger charge is -2.10. The number of rotatable bonds is 6. The number of carbonyl (C=O) groups is 1. The lowest BCUT2D eigenvalue weighted by molar-refractivity contribution is -0.115. The van der Waals surface area contributed by atoms with Crippen molar-refractivity contribution in [3.8, 4) is 11.3 Å². The van der Waals surface area contributed by atoms with Gasteiger partial charge in [-0.2, -0.15) is 0 Å². The van der Waals surface area contributed by atoms with E-state index in [1.165, 1.54) is 5.56 Å². The van der Waals surface area contributed by atoms with Gasteiger partial charge in [0.2, 0.25) is 11.8 Å². The molecule has 0 aliphatic heterocycles. The summed E-state index contributed by atoms with van der Waals surface area (Å²) in [4.78, 5) is 12.0. The van der Waals surface area contributed by atoms with Crippen LogP contribution in [0.1, 0.15) is 24.3 Å². The monoisotopic (exact) mass is 325 g/mol. The van der Waals surface area contributed by atoms with E-state index >= 15 is 0 Å². The van der Waals surface area contributed by atoms with Gasteiger partial charge < -0.3 is 8.94 Å². The molecule has 0 fully saturated rings. The van der Waals surface area contributed by atoms with Crippen molar-refractivity contribution in [1.29, 1.82) is 0 Å². The molecule has 6 heteroatoms. The molecule has 2 aromatic heterocycles. The fourth-order valence-corrected chi connectivity index (χ4v) is 2.26. The number of nitrogens with one attached hydrogen (secondary N) is 2. The van der Waals surface area contributed by atoms with Crippen LogP contribution in [0.4, 0.5) is 5.88 Å². The first kappa shape index (κ1) is 16.0. The first-order valence-electron chi connectivity index (χ1n) is 7.72. The Morgan fingerprint density at radius 2 is 2.04 bits per heavy atom. The minimum atomic E-state index is -0.208. The Kier molecular flexibility index (Phi) is 4.77. The van der Waals surface area contributed by atoms with Crippen LogP contribution in [0.15, 0.2) is 57.7 Å². The fourth-order valence-electron chi connectivity index (χ4n) is 2.26. The standard InChI is InChI=1S/C18H19N3O3/c1-12-5-7-14(8-6-12)15-10-18(24-21-15)20-17(22)11-19-13(2)16-4-3-9-23-16/h3-10,13,19H,11H2,1-2H3,(H,20,22)/t13-/m0/s1. The van der Waals surface area contributed by atoms with Crippen LogP contribution in [-0.2, 0) is 4.79 Å². The number of aryl methyl sites for hydroxylation is 1. The van der Waals surface area contributed by atoms with Gasteiger partial charge in [-0.1, -0.05) is 35.0 Å². The quantitative estimate of drug-likeness (QED) is 0.724. The van der Waals surface area contributed by atoms with Crippen molar-refractivity contribution in [2.45, 2.75) is 19.9 Å². The van der Waals surface area contributed by atoms with Gasteiger partial charge in [0.05, 0.1) is 18.8 Å². The van der Waals surface area contributed by atoms with Crippen molar-refractivity contribution in [1.82, 2.24) is 10.5 Å². The maximum Gasteiger partial charge on any atom is 0.240 e. The number of furan rings is 1. The summed E-state index contributed by atoms with van der Waals surface area (Å²) in [6.45, 7) is 4.09. The summed E-state index contributed by atoms with van der Waals surface area (Å²) < 4.78 is 10.5. The summed E-state index contributed by atoms with van der Waals surface area (Å²) >= 11 is 0. The Bertz CT molecular complexity index is 791. The van der Waals surface area contributed by atoms with E-state index in [0.29, 0.717) is 11.6 Å². The average molecular weight is 325 g/mol. The minimum absolute atomic E-state index is 0.0522. The second-order valence-corrected chi connectivity index (χ2v) is 5.61. The molecule has 0 saturated carbocycles. The third kappa shape index (κ3) is 3.91. The van der Waals surface area contributed by atoms with E-state index in [4.69, 9.17) is 8.94 Å². The molecule has 0 radical (unpaired) electrons. The highest BCUT2D eigenvalue weighted by molar-refractivity contribution is 5.91. The fraction of sp³-hybridized carbons (Fsp3) is 0.222.